The Morgan fingerprint density at radius 1 is 1.31 bits per heavy atom. The largest absolute Gasteiger partial charge is 0.497 e. The topological polar surface area (TPSA) is 76.5 Å². The molecule has 0 saturated heterocycles. The fourth-order valence-corrected chi connectivity index (χ4v) is 2.67. The number of rotatable bonds is 4. The molecule has 0 bridgehead atoms. The summed E-state index contributed by atoms with van der Waals surface area (Å²) in [7, 11) is 0. The second kappa shape index (κ2) is 8.40. The number of carbonyl (C=O) groups is 1. The lowest BCUT2D eigenvalue weighted by Crippen LogP contribution is -2.14. The van der Waals surface area contributed by atoms with Gasteiger partial charge in [-0.3, -0.25) is 0 Å². The van der Waals surface area contributed by atoms with Crippen molar-refractivity contribution in [3.05, 3.63) is 77.3 Å². The lowest BCUT2D eigenvalue weighted by atomic mass is 9.96. The molecule has 0 spiro atoms. The highest BCUT2D eigenvalue weighted by Crippen LogP contribution is 2.28. The van der Waals surface area contributed by atoms with E-state index in [2.05, 4.69) is 20.5 Å². The van der Waals surface area contributed by atoms with Crippen LogP contribution in [0.4, 0.5) is 10.5 Å². The summed E-state index contributed by atoms with van der Waals surface area (Å²) in [4.78, 5) is 16.2. The molecule has 0 radical (unpaired) electrons. The van der Waals surface area contributed by atoms with Gasteiger partial charge in [0.15, 0.2) is 0 Å². The first-order valence-electron chi connectivity index (χ1n) is 8.11. The number of hydrogen-bond donors (Lipinski definition) is 1. The van der Waals surface area contributed by atoms with Crippen molar-refractivity contribution in [2.45, 2.75) is 12.8 Å². The van der Waals surface area contributed by atoms with Gasteiger partial charge in [0.05, 0.1) is 34.6 Å². The third-order valence-electron chi connectivity index (χ3n) is 3.62. The zero-order chi connectivity index (χ0) is 18.4. The maximum Gasteiger partial charge on any atom is 0.345 e. The zero-order valence-corrected chi connectivity index (χ0v) is 14.8. The van der Waals surface area contributed by atoms with Gasteiger partial charge in [-0.05, 0) is 37.3 Å². The molecular weight excluding hydrogens is 352 g/mol. The monoisotopic (exact) mass is 368 g/mol. The summed E-state index contributed by atoms with van der Waals surface area (Å²) in [6.45, 7) is 2.39. The van der Waals surface area contributed by atoms with Gasteiger partial charge in [-0.15, -0.1) is 0 Å². The number of ether oxygens (including phenoxy) is 1. The summed E-state index contributed by atoms with van der Waals surface area (Å²) in [5.74, 6) is 0.508. The van der Waals surface area contributed by atoms with Crippen LogP contribution in [0.5, 0.6) is 0 Å². The normalized spacial score (nSPS) is 17.7. The summed E-state index contributed by atoms with van der Waals surface area (Å²) in [6.07, 6.45) is 6.99. The highest BCUT2D eigenvalue weighted by molar-refractivity contribution is 6.33. The average Bonchev–Trinajstić information content (AvgIpc) is 2.65. The Morgan fingerprint density at radius 2 is 2.15 bits per heavy atom. The molecule has 2 aromatic rings. The molecule has 1 heterocycles. The van der Waals surface area contributed by atoms with Crippen LogP contribution in [0.25, 0.3) is 0 Å². The molecule has 0 fully saturated rings. The number of nitrogens with zero attached hydrogens (tertiary/aromatic N) is 3. The van der Waals surface area contributed by atoms with E-state index in [1.54, 1.807) is 42.6 Å². The predicted molar refractivity (Wildman–Crippen MR) is 102 cm³/mol. The van der Waals surface area contributed by atoms with Crippen LogP contribution in [0.15, 0.2) is 71.6 Å². The summed E-state index contributed by atoms with van der Waals surface area (Å²) < 4.78 is 5.71. The van der Waals surface area contributed by atoms with E-state index < -0.39 is 6.03 Å². The quantitative estimate of drug-likeness (QED) is 0.868. The van der Waals surface area contributed by atoms with Crippen molar-refractivity contribution in [3.8, 4) is 0 Å². The lowest BCUT2D eigenvalue weighted by molar-refractivity contribution is 0.215. The molecule has 1 aromatic carbocycles. The van der Waals surface area contributed by atoms with Crippen molar-refractivity contribution in [3.63, 3.8) is 0 Å². The molecule has 6 nitrogen and oxygen atoms in total. The maximum absolute atomic E-state index is 12.2. The number of benzene rings is 1. The van der Waals surface area contributed by atoms with Gasteiger partial charge < -0.3 is 10.1 Å². The van der Waals surface area contributed by atoms with Gasteiger partial charge in [0.1, 0.15) is 5.76 Å². The minimum absolute atomic E-state index is 0.158. The van der Waals surface area contributed by atoms with E-state index in [1.165, 1.54) is 0 Å². The number of para-hydroxylation sites is 1. The molecular formula is C19H17ClN4O2. The molecule has 1 aliphatic carbocycles. The second-order valence-corrected chi connectivity index (χ2v) is 5.82. The number of halogens is 1. The minimum atomic E-state index is -0.511. The van der Waals surface area contributed by atoms with Crippen LogP contribution in [0, 0.1) is 0 Å². The van der Waals surface area contributed by atoms with Crippen molar-refractivity contribution in [1.29, 1.82) is 0 Å². The third kappa shape index (κ3) is 4.34. The van der Waals surface area contributed by atoms with Crippen molar-refractivity contribution < 1.29 is 9.53 Å². The molecule has 0 aliphatic heterocycles. The van der Waals surface area contributed by atoms with Crippen molar-refractivity contribution in [1.82, 2.24) is 10.2 Å². The standard InChI is InChI=1S/C19H17ClN4O2/c1-2-26-18-12-13(9-10-14(18)16-8-5-11-21-24-16)22-19(25)23-17-7-4-3-6-15(17)20/h3-12,14H,2H2,1H3,(H,23,25)/b22-13-. The maximum atomic E-state index is 12.2. The van der Waals surface area contributed by atoms with E-state index in [0.29, 0.717) is 28.8 Å². The molecule has 1 atom stereocenters. The van der Waals surface area contributed by atoms with Crippen LogP contribution >= 0.6 is 11.6 Å². The SMILES string of the molecule is CCOC1=C/C(=N\C(=O)Nc2ccccc2Cl)C=CC1c1cccnn1. The summed E-state index contributed by atoms with van der Waals surface area (Å²) in [5.41, 5.74) is 1.76. The first-order valence-corrected chi connectivity index (χ1v) is 8.49. The fraction of sp³-hybridized carbons (Fsp3) is 0.158. The number of allylic oxidation sites excluding steroid dienone is 3. The molecule has 0 saturated carbocycles. The number of amides is 2. The number of anilines is 1. The number of urea groups is 1. The predicted octanol–water partition coefficient (Wildman–Crippen LogP) is 4.38. The second-order valence-electron chi connectivity index (χ2n) is 5.41. The Balaban J connectivity index is 1.79. The van der Waals surface area contributed by atoms with E-state index in [9.17, 15) is 4.79 Å². The molecule has 1 unspecified atom stereocenters. The number of nitrogens with one attached hydrogen (secondary N) is 1. The zero-order valence-electron chi connectivity index (χ0n) is 14.1. The van der Waals surface area contributed by atoms with Crippen LogP contribution in [0.2, 0.25) is 5.02 Å². The molecule has 2 amide bonds. The minimum Gasteiger partial charge on any atom is -0.497 e. The van der Waals surface area contributed by atoms with E-state index in [-0.39, 0.29) is 5.92 Å². The van der Waals surface area contributed by atoms with Crippen LogP contribution in [0.3, 0.4) is 0 Å². The van der Waals surface area contributed by atoms with Crippen molar-refractivity contribution in [2.24, 2.45) is 4.99 Å². The molecule has 1 N–H and O–H groups in total. The highest BCUT2D eigenvalue weighted by Gasteiger charge is 2.21. The van der Waals surface area contributed by atoms with E-state index in [1.807, 2.05) is 25.1 Å². The van der Waals surface area contributed by atoms with Gasteiger partial charge in [-0.1, -0.05) is 29.8 Å². The van der Waals surface area contributed by atoms with E-state index in [4.69, 9.17) is 16.3 Å². The Bertz CT molecular complexity index is 878. The fourth-order valence-electron chi connectivity index (χ4n) is 2.49. The third-order valence-corrected chi connectivity index (χ3v) is 3.95. The van der Waals surface area contributed by atoms with Gasteiger partial charge in [-0.2, -0.15) is 15.2 Å². The van der Waals surface area contributed by atoms with E-state index in [0.717, 1.165) is 5.69 Å². The molecule has 1 aromatic heterocycles. The first kappa shape index (κ1) is 17.8. The first-order chi connectivity index (χ1) is 12.7. The van der Waals surface area contributed by atoms with Crippen LogP contribution in [-0.4, -0.2) is 28.5 Å². The average molecular weight is 369 g/mol. The van der Waals surface area contributed by atoms with Crippen molar-refractivity contribution >= 4 is 29.0 Å². The number of carbonyl (C=O) groups excluding carboxylic acids is 1. The lowest BCUT2D eigenvalue weighted by Gasteiger charge is -2.19. The van der Waals surface area contributed by atoms with Crippen molar-refractivity contribution in [2.75, 3.05) is 11.9 Å². The highest BCUT2D eigenvalue weighted by atomic mass is 35.5. The molecule has 26 heavy (non-hydrogen) atoms. The number of aromatic nitrogens is 2. The van der Waals surface area contributed by atoms with Crippen LogP contribution in [-0.2, 0) is 4.74 Å². The Morgan fingerprint density at radius 3 is 2.88 bits per heavy atom. The molecule has 132 valence electrons. The summed E-state index contributed by atoms with van der Waals surface area (Å²) in [6, 6.07) is 10.2. The molecule has 7 heteroatoms. The van der Waals surface area contributed by atoms with Gasteiger partial charge in [0.25, 0.3) is 0 Å². The number of aliphatic imine (C=N–C) groups is 1. The molecule has 1 aliphatic rings. The summed E-state index contributed by atoms with van der Waals surface area (Å²) >= 11 is 6.04. The Hall–Kier alpha value is -2.99. The smallest absolute Gasteiger partial charge is 0.345 e. The van der Waals surface area contributed by atoms with Gasteiger partial charge in [0, 0.05) is 12.3 Å². The van der Waals surface area contributed by atoms with Gasteiger partial charge >= 0.3 is 6.03 Å². The van der Waals surface area contributed by atoms with Gasteiger partial charge in [0.2, 0.25) is 0 Å². The Labute approximate surface area is 156 Å². The van der Waals surface area contributed by atoms with Crippen LogP contribution < -0.4 is 5.32 Å². The Kier molecular flexibility index (Phi) is 5.76. The van der Waals surface area contributed by atoms with E-state index >= 15 is 0 Å². The summed E-state index contributed by atoms with van der Waals surface area (Å²) in [5, 5.41) is 11.1. The molecule has 3 rings (SSSR count). The number of hydrogen-bond acceptors (Lipinski definition) is 4. The van der Waals surface area contributed by atoms with Crippen LogP contribution in [0.1, 0.15) is 18.5 Å². The van der Waals surface area contributed by atoms with Gasteiger partial charge in [-0.25, -0.2) is 4.79 Å².